The number of hydrogen-bond donors (Lipinski definition) is 1. The maximum atomic E-state index is 13.4. The molecule has 1 N–H and O–H groups in total. The van der Waals surface area contributed by atoms with E-state index in [1.54, 1.807) is 0 Å². The van der Waals surface area contributed by atoms with Gasteiger partial charge >= 0.3 is 0 Å². The first kappa shape index (κ1) is 20.6. The van der Waals surface area contributed by atoms with Gasteiger partial charge in [-0.3, -0.25) is 4.79 Å². The molecule has 1 amide bonds. The minimum atomic E-state index is 0.0876. The van der Waals surface area contributed by atoms with E-state index in [9.17, 15) is 9.90 Å². The lowest BCUT2D eigenvalue weighted by atomic mass is 9.88. The van der Waals surface area contributed by atoms with E-state index in [4.69, 9.17) is 0 Å². The lowest BCUT2D eigenvalue weighted by Crippen LogP contribution is -2.47. The van der Waals surface area contributed by atoms with Crippen LogP contribution in [0.2, 0.25) is 0 Å². The number of benzene rings is 2. The molecule has 4 heteroatoms. The van der Waals surface area contributed by atoms with Crippen molar-refractivity contribution < 1.29 is 9.90 Å². The summed E-state index contributed by atoms with van der Waals surface area (Å²) in [6.45, 7) is 4.55. The average Bonchev–Trinajstić information content (AvgIpc) is 2.69. The molecular weight excluding hydrogens is 348 g/mol. The fourth-order valence-corrected chi connectivity index (χ4v) is 4.24. The topological polar surface area (TPSA) is 43.8 Å². The largest absolute Gasteiger partial charge is 0.396 e. The SMILES string of the molecule is Cc1ccc(Cc2ccccc2C(=O)N2CC(CO)CC(CN(C)C)C2)cc1. The Balaban J connectivity index is 1.80. The Labute approximate surface area is 168 Å². The number of amides is 1. The van der Waals surface area contributed by atoms with Gasteiger partial charge in [0.05, 0.1) is 0 Å². The van der Waals surface area contributed by atoms with E-state index in [1.165, 1.54) is 11.1 Å². The summed E-state index contributed by atoms with van der Waals surface area (Å²) in [6, 6.07) is 16.4. The lowest BCUT2D eigenvalue weighted by molar-refractivity contribution is 0.0477. The third-order valence-electron chi connectivity index (χ3n) is 5.56. The highest BCUT2D eigenvalue weighted by Gasteiger charge is 2.31. The third kappa shape index (κ3) is 5.21. The van der Waals surface area contributed by atoms with Crippen molar-refractivity contribution >= 4 is 5.91 Å². The molecule has 1 saturated heterocycles. The van der Waals surface area contributed by atoms with Gasteiger partial charge in [-0.2, -0.15) is 0 Å². The quantitative estimate of drug-likeness (QED) is 0.837. The van der Waals surface area contributed by atoms with Crippen LogP contribution in [0.5, 0.6) is 0 Å². The highest BCUT2D eigenvalue weighted by Crippen LogP contribution is 2.25. The molecule has 0 aliphatic carbocycles. The molecule has 4 nitrogen and oxygen atoms in total. The number of rotatable bonds is 6. The molecule has 1 fully saturated rings. The second-order valence-corrected chi connectivity index (χ2v) is 8.44. The molecule has 1 heterocycles. The van der Waals surface area contributed by atoms with E-state index in [0.29, 0.717) is 12.5 Å². The van der Waals surface area contributed by atoms with Gasteiger partial charge in [0.15, 0.2) is 0 Å². The molecular formula is C24H32N2O2. The number of carbonyl (C=O) groups is 1. The Morgan fingerprint density at radius 3 is 2.43 bits per heavy atom. The van der Waals surface area contributed by atoms with Gasteiger partial charge in [-0.05, 0) is 62.9 Å². The van der Waals surface area contributed by atoms with Gasteiger partial charge in [-0.1, -0.05) is 48.0 Å². The van der Waals surface area contributed by atoms with Crippen molar-refractivity contribution in [2.45, 2.75) is 19.8 Å². The van der Waals surface area contributed by atoms with Gasteiger partial charge in [0.2, 0.25) is 0 Å². The van der Waals surface area contributed by atoms with Crippen molar-refractivity contribution in [2.75, 3.05) is 40.3 Å². The second kappa shape index (κ2) is 9.35. The molecule has 2 aromatic carbocycles. The summed E-state index contributed by atoms with van der Waals surface area (Å²) in [5, 5.41) is 9.73. The summed E-state index contributed by atoms with van der Waals surface area (Å²) >= 11 is 0. The zero-order valence-electron chi connectivity index (χ0n) is 17.3. The van der Waals surface area contributed by atoms with Crippen LogP contribution in [0.1, 0.15) is 33.5 Å². The van der Waals surface area contributed by atoms with Crippen molar-refractivity contribution in [3.63, 3.8) is 0 Å². The maximum absolute atomic E-state index is 13.4. The summed E-state index contributed by atoms with van der Waals surface area (Å²) < 4.78 is 0. The molecule has 0 spiro atoms. The van der Waals surface area contributed by atoms with Crippen LogP contribution in [0.3, 0.4) is 0 Å². The number of likely N-dealkylation sites (tertiary alicyclic amines) is 1. The molecule has 0 saturated carbocycles. The van der Waals surface area contributed by atoms with Gasteiger partial charge in [-0.25, -0.2) is 0 Å². The van der Waals surface area contributed by atoms with Gasteiger partial charge in [0.1, 0.15) is 0 Å². The van der Waals surface area contributed by atoms with E-state index in [2.05, 4.69) is 56.3 Å². The van der Waals surface area contributed by atoms with Crippen LogP contribution in [0.15, 0.2) is 48.5 Å². The summed E-state index contributed by atoms with van der Waals surface area (Å²) in [5.74, 6) is 0.644. The first-order valence-corrected chi connectivity index (χ1v) is 10.1. The van der Waals surface area contributed by atoms with Crippen LogP contribution in [0.25, 0.3) is 0 Å². The Morgan fingerprint density at radius 2 is 1.75 bits per heavy atom. The smallest absolute Gasteiger partial charge is 0.254 e. The van der Waals surface area contributed by atoms with Crippen molar-refractivity contribution in [1.82, 2.24) is 9.80 Å². The average molecular weight is 381 g/mol. The Kier molecular flexibility index (Phi) is 6.87. The van der Waals surface area contributed by atoms with Crippen molar-refractivity contribution in [3.8, 4) is 0 Å². The Hall–Kier alpha value is -2.17. The van der Waals surface area contributed by atoms with Crippen LogP contribution in [-0.4, -0.2) is 61.2 Å². The van der Waals surface area contributed by atoms with E-state index >= 15 is 0 Å². The Morgan fingerprint density at radius 1 is 1.07 bits per heavy atom. The van der Waals surface area contributed by atoms with E-state index < -0.39 is 0 Å². The highest BCUT2D eigenvalue weighted by molar-refractivity contribution is 5.96. The molecule has 1 aliphatic rings. The molecule has 0 radical (unpaired) electrons. The first-order chi connectivity index (χ1) is 13.5. The van der Waals surface area contributed by atoms with Gasteiger partial charge in [-0.15, -0.1) is 0 Å². The minimum Gasteiger partial charge on any atom is -0.396 e. The van der Waals surface area contributed by atoms with Gasteiger partial charge in [0.25, 0.3) is 5.91 Å². The number of aliphatic hydroxyl groups is 1. The number of carbonyl (C=O) groups excluding carboxylic acids is 1. The fraction of sp³-hybridized carbons (Fsp3) is 0.458. The summed E-state index contributed by atoms with van der Waals surface area (Å²) in [4.78, 5) is 17.5. The van der Waals surface area contributed by atoms with Crippen molar-refractivity contribution in [1.29, 1.82) is 0 Å². The van der Waals surface area contributed by atoms with E-state index in [1.807, 2.05) is 23.1 Å². The van der Waals surface area contributed by atoms with Crippen LogP contribution in [0, 0.1) is 18.8 Å². The molecule has 1 aliphatic heterocycles. The number of nitrogens with zero attached hydrogens (tertiary/aromatic N) is 2. The number of hydrogen-bond acceptors (Lipinski definition) is 3. The standard InChI is InChI=1S/C24H32N2O2/c1-18-8-10-19(11-9-18)13-22-6-4-5-7-23(22)24(28)26-15-20(14-25(2)3)12-21(16-26)17-27/h4-11,20-21,27H,12-17H2,1-3H3. The van der Waals surface area contributed by atoms with E-state index in [0.717, 1.165) is 37.1 Å². The highest BCUT2D eigenvalue weighted by atomic mass is 16.3. The molecule has 3 rings (SSSR count). The minimum absolute atomic E-state index is 0.0876. The van der Waals surface area contributed by atoms with Crippen LogP contribution < -0.4 is 0 Å². The predicted molar refractivity (Wildman–Crippen MR) is 114 cm³/mol. The molecule has 2 aromatic rings. The number of aliphatic hydroxyl groups excluding tert-OH is 1. The molecule has 0 aromatic heterocycles. The van der Waals surface area contributed by atoms with Crippen LogP contribution in [0.4, 0.5) is 0 Å². The second-order valence-electron chi connectivity index (χ2n) is 8.44. The lowest BCUT2D eigenvalue weighted by Gasteiger charge is -2.38. The van der Waals surface area contributed by atoms with Crippen LogP contribution in [-0.2, 0) is 6.42 Å². The molecule has 150 valence electrons. The zero-order valence-corrected chi connectivity index (χ0v) is 17.3. The first-order valence-electron chi connectivity index (χ1n) is 10.1. The van der Waals surface area contributed by atoms with Gasteiger partial charge in [0, 0.05) is 31.8 Å². The fourth-order valence-electron chi connectivity index (χ4n) is 4.24. The van der Waals surface area contributed by atoms with Crippen molar-refractivity contribution in [2.24, 2.45) is 11.8 Å². The zero-order chi connectivity index (χ0) is 20.1. The summed E-state index contributed by atoms with van der Waals surface area (Å²) in [6.07, 6.45) is 1.73. The number of piperidine rings is 1. The normalized spacial score (nSPS) is 19.8. The molecule has 28 heavy (non-hydrogen) atoms. The van der Waals surface area contributed by atoms with E-state index in [-0.39, 0.29) is 18.4 Å². The monoisotopic (exact) mass is 380 g/mol. The third-order valence-corrected chi connectivity index (χ3v) is 5.56. The molecule has 0 bridgehead atoms. The van der Waals surface area contributed by atoms with Crippen molar-refractivity contribution in [3.05, 3.63) is 70.8 Å². The summed E-state index contributed by atoms with van der Waals surface area (Å²) in [7, 11) is 4.12. The van der Waals surface area contributed by atoms with Crippen LogP contribution >= 0.6 is 0 Å². The summed E-state index contributed by atoms with van der Waals surface area (Å²) in [5.41, 5.74) is 4.29. The Bertz CT molecular complexity index is 785. The number of aryl methyl sites for hydroxylation is 1. The van der Waals surface area contributed by atoms with Gasteiger partial charge < -0.3 is 14.9 Å². The molecule has 2 atom stereocenters. The maximum Gasteiger partial charge on any atom is 0.254 e. The molecule has 2 unspecified atom stereocenters. The predicted octanol–water partition coefficient (Wildman–Crippen LogP) is 3.22.